The fourth-order valence-electron chi connectivity index (χ4n) is 1.46. The molecule has 1 aromatic rings. The number of benzene rings is 1. The van der Waals surface area contributed by atoms with E-state index < -0.39 is 0 Å². The number of ether oxygens (including phenoxy) is 1. The predicted octanol–water partition coefficient (Wildman–Crippen LogP) is 4.04. The molecule has 0 radical (unpaired) electrons. The van der Waals surface area contributed by atoms with E-state index in [0.29, 0.717) is 18.4 Å². The van der Waals surface area contributed by atoms with Crippen LogP contribution in [0.4, 0.5) is 0 Å². The van der Waals surface area contributed by atoms with Gasteiger partial charge < -0.3 is 10.1 Å². The van der Waals surface area contributed by atoms with E-state index in [9.17, 15) is 0 Å². The number of halogens is 3. The first-order chi connectivity index (χ1) is 8.65. The average Bonchev–Trinajstić information content (AvgIpc) is 2.42. The third-order valence-corrected chi connectivity index (χ3v) is 4.42. The second-order valence-corrected chi connectivity index (χ2v) is 5.58. The summed E-state index contributed by atoms with van der Waals surface area (Å²) in [5.74, 6) is 1.87. The maximum atomic E-state index is 5.94. The van der Waals surface area contributed by atoms with Crippen molar-refractivity contribution < 1.29 is 4.74 Å². The van der Waals surface area contributed by atoms with Crippen molar-refractivity contribution in [2.45, 2.75) is 18.9 Å². The molecule has 0 aromatic heterocycles. The molecule has 0 unspecified atom stereocenters. The van der Waals surface area contributed by atoms with E-state index in [0.717, 1.165) is 23.2 Å². The third kappa shape index (κ3) is 4.96. The second kappa shape index (κ2) is 8.26. The molecule has 0 amide bonds. The van der Waals surface area contributed by atoms with Crippen molar-refractivity contribution >= 4 is 39.1 Å². The Bertz CT molecular complexity index is 333. The highest BCUT2D eigenvalue weighted by molar-refractivity contribution is 9.10. The van der Waals surface area contributed by atoms with E-state index in [1.54, 1.807) is 0 Å². The molecule has 0 heterocycles. The van der Waals surface area contributed by atoms with Gasteiger partial charge in [-0.1, -0.05) is 22.9 Å². The standard InChI is InChI=1S/C13H18BrCl2NO/c1-2-13(9-15,10-16)17-7-8-18-12-5-3-11(14)4-6-12/h3-6,17H,2,7-10H2,1H3. The van der Waals surface area contributed by atoms with E-state index in [2.05, 4.69) is 28.2 Å². The van der Waals surface area contributed by atoms with Crippen molar-refractivity contribution in [3.63, 3.8) is 0 Å². The monoisotopic (exact) mass is 353 g/mol. The van der Waals surface area contributed by atoms with Crippen molar-refractivity contribution in [2.24, 2.45) is 0 Å². The zero-order valence-electron chi connectivity index (χ0n) is 10.4. The molecule has 0 aliphatic rings. The molecule has 18 heavy (non-hydrogen) atoms. The van der Waals surface area contributed by atoms with Gasteiger partial charge in [-0.2, -0.15) is 0 Å². The van der Waals surface area contributed by atoms with Crippen molar-refractivity contribution in [1.82, 2.24) is 5.32 Å². The van der Waals surface area contributed by atoms with Crippen LogP contribution in [-0.4, -0.2) is 30.5 Å². The molecule has 0 atom stereocenters. The van der Waals surface area contributed by atoms with Crippen LogP contribution in [0.5, 0.6) is 5.75 Å². The number of alkyl halides is 2. The smallest absolute Gasteiger partial charge is 0.119 e. The number of rotatable bonds is 8. The topological polar surface area (TPSA) is 21.3 Å². The van der Waals surface area contributed by atoms with Crippen molar-refractivity contribution in [1.29, 1.82) is 0 Å². The fraction of sp³-hybridized carbons (Fsp3) is 0.538. The summed E-state index contributed by atoms with van der Waals surface area (Å²) in [5, 5.41) is 3.37. The zero-order chi connectivity index (χ0) is 13.4. The Morgan fingerprint density at radius 2 is 1.83 bits per heavy atom. The van der Waals surface area contributed by atoms with Crippen LogP contribution in [0, 0.1) is 0 Å². The fourth-order valence-corrected chi connectivity index (χ4v) is 2.58. The van der Waals surface area contributed by atoms with Crippen molar-refractivity contribution in [2.75, 3.05) is 24.9 Å². The van der Waals surface area contributed by atoms with Crippen LogP contribution >= 0.6 is 39.1 Å². The Morgan fingerprint density at radius 1 is 1.22 bits per heavy atom. The van der Waals surface area contributed by atoms with Gasteiger partial charge in [-0.15, -0.1) is 23.2 Å². The lowest BCUT2D eigenvalue weighted by atomic mass is 10.0. The van der Waals surface area contributed by atoms with E-state index in [1.165, 1.54) is 0 Å². The summed E-state index contributed by atoms with van der Waals surface area (Å²) < 4.78 is 6.66. The molecular weight excluding hydrogens is 337 g/mol. The molecule has 0 bridgehead atoms. The van der Waals surface area contributed by atoms with Crippen LogP contribution < -0.4 is 10.1 Å². The first-order valence-electron chi connectivity index (χ1n) is 5.91. The molecule has 0 saturated heterocycles. The van der Waals surface area contributed by atoms with Crippen LogP contribution in [0.2, 0.25) is 0 Å². The van der Waals surface area contributed by atoms with Crippen LogP contribution in [0.15, 0.2) is 28.7 Å². The minimum Gasteiger partial charge on any atom is -0.492 e. The van der Waals surface area contributed by atoms with Gasteiger partial charge in [0.1, 0.15) is 12.4 Å². The Kier molecular flexibility index (Phi) is 7.38. The van der Waals surface area contributed by atoms with E-state index in [-0.39, 0.29) is 5.54 Å². The molecule has 0 aliphatic carbocycles. The van der Waals surface area contributed by atoms with Gasteiger partial charge in [-0.3, -0.25) is 0 Å². The van der Waals surface area contributed by atoms with Gasteiger partial charge in [0, 0.05) is 28.3 Å². The van der Waals surface area contributed by atoms with E-state index >= 15 is 0 Å². The molecular formula is C13H18BrCl2NO. The highest BCUT2D eigenvalue weighted by atomic mass is 79.9. The highest BCUT2D eigenvalue weighted by Crippen LogP contribution is 2.16. The lowest BCUT2D eigenvalue weighted by Crippen LogP contribution is -2.49. The molecule has 5 heteroatoms. The van der Waals surface area contributed by atoms with Gasteiger partial charge in [0.25, 0.3) is 0 Å². The molecule has 2 nitrogen and oxygen atoms in total. The highest BCUT2D eigenvalue weighted by Gasteiger charge is 2.24. The van der Waals surface area contributed by atoms with Gasteiger partial charge in [-0.25, -0.2) is 0 Å². The molecule has 0 spiro atoms. The molecule has 0 aliphatic heterocycles. The quantitative estimate of drug-likeness (QED) is 0.561. The average molecular weight is 355 g/mol. The molecule has 1 N–H and O–H groups in total. The lowest BCUT2D eigenvalue weighted by molar-refractivity contribution is 0.283. The summed E-state index contributed by atoms with van der Waals surface area (Å²) in [5.41, 5.74) is -0.188. The molecule has 0 saturated carbocycles. The van der Waals surface area contributed by atoms with Crippen LogP contribution in [-0.2, 0) is 0 Å². The summed E-state index contributed by atoms with van der Waals surface area (Å²) in [6.45, 7) is 3.40. The minimum atomic E-state index is -0.188. The maximum Gasteiger partial charge on any atom is 0.119 e. The number of nitrogens with one attached hydrogen (secondary N) is 1. The second-order valence-electron chi connectivity index (χ2n) is 4.13. The SMILES string of the molecule is CCC(CCl)(CCl)NCCOc1ccc(Br)cc1. The van der Waals surface area contributed by atoms with E-state index in [4.69, 9.17) is 27.9 Å². The first kappa shape index (κ1) is 16.1. The zero-order valence-corrected chi connectivity index (χ0v) is 13.5. The van der Waals surface area contributed by atoms with Gasteiger partial charge in [-0.05, 0) is 30.7 Å². The van der Waals surface area contributed by atoms with Crippen LogP contribution in [0.25, 0.3) is 0 Å². The van der Waals surface area contributed by atoms with Crippen molar-refractivity contribution in [3.8, 4) is 5.75 Å². The first-order valence-corrected chi connectivity index (χ1v) is 7.77. The Morgan fingerprint density at radius 3 is 2.33 bits per heavy atom. The largest absolute Gasteiger partial charge is 0.492 e. The van der Waals surface area contributed by atoms with Crippen LogP contribution in [0.3, 0.4) is 0 Å². The summed E-state index contributed by atoms with van der Waals surface area (Å²) in [4.78, 5) is 0. The Labute approximate surface area is 127 Å². The van der Waals surface area contributed by atoms with Gasteiger partial charge in [0.05, 0.1) is 0 Å². The minimum absolute atomic E-state index is 0.188. The van der Waals surface area contributed by atoms with Gasteiger partial charge in [0.15, 0.2) is 0 Å². The summed E-state index contributed by atoms with van der Waals surface area (Å²) in [6, 6.07) is 7.77. The lowest BCUT2D eigenvalue weighted by Gasteiger charge is -2.29. The molecule has 102 valence electrons. The van der Waals surface area contributed by atoms with Gasteiger partial charge >= 0.3 is 0 Å². The van der Waals surface area contributed by atoms with E-state index in [1.807, 2.05) is 24.3 Å². The third-order valence-electron chi connectivity index (χ3n) is 2.87. The maximum absolute atomic E-state index is 5.94. The summed E-state index contributed by atoms with van der Waals surface area (Å²) >= 11 is 15.3. The molecule has 1 rings (SSSR count). The van der Waals surface area contributed by atoms with Gasteiger partial charge in [0.2, 0.25) is 0 Å². The Hall–Kier alpha value is 0.0400. The van der Waals surface area contributed by atoms with Crippen LogP contribution in [0.1, 0.15) is 13.3 Å². The number of hydrogen-bond acceptors (Lipinski definition) is 2. The summed E-state index contributed by atoms with van der Waals surface area (Å²) in [6.07, 6.45) is 0.901. The normalized spacial score (nSPS) is 11.6. The number of hydrogen-bond donors (Lipinski definition) is 1. The molecule has 0 fully saturated rings. The molecule has 1 aromatic carbocycles. The predicted molar refractivity (Wildman–Crippen MR) is 82.1 cm³/mol. The summed E-state index contributed by atoms with van der Waals surface area (Å²) in [7, 11) is 0. The Balaban J connectivity index is 2.31. The van der Waals surface area contributed by atoms with Crippen molar-refractivity contribution in [3.05, 3.63) is 28.7 Å².